The summed E-state index contributed by atoms with van der Waals surface area (Å²) in [4.78, 5) is 0. The van der Waals surface area contributed by atoms with Gasteiger partial charge in [0, 0.05) is 12.3 Å². The Balaban J connectivity index is 2.13. The average Bonchev–Trinajstić information content (AvgIpc) is 3.13. The molecule has 2 fully saturated rings. The first kappa shape index (κ1) is 23.1. The molecule has 0 aromatic heterocycles. The van der Waals surface area contributed by atoms with Crippen molar-refractivity contribution in [2.45, 2.75) is 115 Å². The van der Waals surface area contributed by atoms with Gasteiger partial charge in [-0.3, -0.25) is 0 Å². The first-order valence-corrected chi connectivity index (χ1v) is 13.8. The summed E-state index contributed by atoms with van der Waals surface area (Å²) in [6.07, 6.45) is 9.46. The summed E-state index contributed by atoms with van der Waals surface area (Å²) in [5.41, 5.74) is -0.773. The number of rotatable bonds is 11. The number of fused-ring (bicyclic) bond motifs is 1. The van der Waals surface area contributed by atoms with Crippen molar-refractivity contribution >= 4 is 8.32 Å². The van der Waals surface area contributed by atoms with Gasteiger partial charge in [0.15, 0.2) is 14.6 Å². The molecule has 4 nitrogen and oxygen atoms in total. The van der Waals surface area contributed by atoms with Crippen LogP contribution < -0.4 is 0 Å². The molecule has 2 aliphatic rings. The minimum Gasteiger partial charge on any atom is -0.413 e. The predicted molar refractivity (Wildman–Crippen MR) is 113 cm³/mol. The molecule has 2 rings (SSSR count). The van der Waals surface area contributed by atoms with E-state index in [1.807, 2.05) is 13.0 Å². The summed E-state index contributed by atoms with van der Waals surface area (Å²) in [5, 5.41) is 20.7. The standard InChI is InChI=1S/C22H42O4Si/c1-6-10-11-13-22(5,24)14-12-17-18-15-21(23)25-19(18)16-20(17)26-27(7-2,8-3)9-4/h12,14,17-21,23-24H,6-11,13,15-16H2,1-5H3/b14-12+/t17-,18-,19+,20-,21?,22?/m1/s1. The SMILES string of the molecule is CCCCCC(C)(O)/C=C/[C@@H]1[C@H]2CC(O)O[C@H]2C[C@H]1O[Si](CC)(CC)CC. The van der Waals surface area contributed by atoms with E-state index in [-0.39, 0.29) is 18.1 Å². The Morgan fingerprint density at radius 1 is 1.11 bits per heavy atom. The Morgan fingerprint density at radius 3 is 2.37 bits per heavy atom. The zero-order chi connectivity index (χ0) is 20.1. The summed E-state index contributed by atoms with van der Waals surface area (Å²) in [6.45, 7) is 10.9. The topological polar surface area (TPSA) is 58.9 Å². The molecular formula is C22H42O4Si. The lowest BCUT2D eigenvalue weighted by atomic mass is 9.89. The summed E-state index contributed by atoms with van der Waals surface area (Å²) < 4.78 is 12.6. The number of ether oxygens (including phenoxy) is 1. The van der Waals surface area contributed by atoms with Crippen LogP contribution in [0.2, 0.25) is 18.1 Å². The van der Waals surface area contributed by atoms with Crippen molar-refractivity contribution in [1.29, 1.82) is 0 Å². The van der Waals surface area contributed by atoms with E-state index in [1.165, 1.54) is 0 Å². The van der Waals surface area contributed by atoms with Crippen molar-refractivity contribution in [3.05, 3.63) is 12.2 Å². The fourth-order valence-corrected chi connectivity index (χ4v) is 7.78. The molecule has 0 aromatic rings. The average molecular weight is 399 g/mol. The molecule has 0 amide bonds. The van der Waals surface area contributed by atoms with E-state index in [0.29, 0.717) is 12.3 Å². The van der Waals surface area contributed by atoms with Crippen molar-refractivity contribution in [1.82, 2.24) is 0 Å². The number of hydrogen-bond acceptors (Lipinski definition) is 4. The third-order valence-corrected chi connectivity index (χ3v) is 11.6. The second-order valence-electron chi connectivity index (χ2n) is 8.92. The quantitative estimate of drug-likeness (QED) is 0.292. The third kappa shape index (κ3) is 5.89. The minimum atomic E-state index is -1.70. The zero-order valence-electron chi connectivity index (χ0n) is 18.1. The molecule has 6 atom stereocenters. The van der Waals surface area contributed by atoms with Crippen LogP contribution in [-0.4, -0.2) is 42.6 Å². The van der Waals surface area contributed by atoms with Crippen LogP contribution in [0.1, 0.15) is 73.1 Å². The Bertz CT molecular complexity index is 467. The van der Waals surface area contributed by atoms with Gasteiger partial charge in [0.2, 0.25) is 0 Å². The highest BCUT2D eigenvalue weighted by Gasteiger charge is 2.50. The van der Waals surface area contributed by atoms with Gasteiger partial charge in [0.1, 0.15) is 0 Å². The van der Waals surface area contributed by atoms with Crippen molar-refractivity contribution in [2.24, 2.45) is 11.8 Å². The van der Waals surface area contributed by atoms with Gasteiger partial charge in [-0.05, 0) is 43.8 Å². The number of unbranched alkanes of at least 4 members (excludes halogenated alkanes) is 2. The lowest BCUT2D eigenvalue weighted by molar-refractivity contribution is -0.0945. The van der Waals surface area contributed by atoms with E-state index in [9.17, 15) is 10.2 Å². The van der Waals surface area contributed by atoms with Gasteiger partial charge in [-0.1, -0.05) is 59.1 Å². The monoisotopic (exact) mass is 398 g/mol. The fourth-order valence-electron chi connectivity index (χ4n) is 4.89. The Labute approximate surface area is 167 Å². The van der Waals surface area contributed by atoms with E-state index in [1.54, 1.807) is 0 Å². The Kier molecular flexibility index (Phi) is 8.56. The Morgan fingerprint density at radius 2 is 1.78 bits per heavy atom. The first-order chi connectivity index (χ1) is 12.8. The van der Waals surface area contributed by atoms with Crippen LogP contribution in [0.25, 0.3) is 0 Å². The van der Waals surface area contributed by atoms with Gasteiger partial charge in [0.05, 0.1) is 17.8 Å². The van der Waals surface area contributed by atoms with Gasteiger partial charge >= 0.3 is 0 Å². The van der Waals surface area contributed by atoms with E-state index in [2.05, 4.69) is 33.8 Å². The molecule has 5 heteroatoms. The third-order valence-electron chi connectivity index (χ3n) is 6.97. The van der Waals surface area contributed by atoms with Crippen molar-refractivity contribution in [2.75, 3.05) is 0 Å². The lowest BCUT2D eigenvalue weighted by Crippen LogP contribution is -2.41. The summed E-state index contributed by atoms with van der Waals surface area (Å²) in [5.74, 6) is 0.520. The van der Waals surface area contributed by atoms with Gasteiger partial charge < -0.3 is 19.4 Å². The maximum atomic E-state index is 10.8. The van der Waals surface area contributed by atoms with Crippen LogP contribution in [0.5, 0.6) is 0 Å². The fraction of sp³-hybridized carbons (Fsp3) is 0.909. The normalized spacial score (nSPS) is 33.5. The molecule has 1 aliphatic heterocycles. The van der Waals surface area contributed by atoms with Crippen LogP contribution in [-0.2, 0) is 9.16 Å². The van der Waals surface area contributed by atoms with E-state index >= 15 is 0 Å². The molecule has 1 heterocycles. The molecule has 2 N–H and O–H groups in total. The van der Waals surface area contributed by atoms with Gasteiger partial charge in [-0.25, -0.2) is 0 Å². The molecule has 1 aliphatic carbocycles. The summed E-state index contributed by atoms with van der Waals surface area (Å²) in [6, 6.07) is 3.42. The van der Waals surface area contributed by atoms with Crippen molar-refractivity contribution < 1.29 is 19.4 Å². The second-order valence-corrected chi connectivity index (χ2v) is 13.6. The van der Waals surface area contributed by atoms with E-state index < -0.39 is 20.2 Å². The second kappa shape index (κ2) is 10.0. The van der Waals surface area contributed by atoms with Crippen LogP contribution in [0, 0.1) is 11.8 Å². The molecule has 1 saturated heterocycles. The molecular weight excluding hydrogens is 356 g/mol. The van der Waals surface area contributed by atoms with Gasteiger partial charge in [0.25, 0.3) is 0 Å². The lowest BCUT2D eigenvalue weighted by Gasteiger charge is -2.34. The van der Waals surface area contributed by atoms with Crippen LogP contribution in [0.3, 0.4) is 0 Å². The van der Waals surface area contributed by atoms with Gasteiger partial charge in [-0.2, -0.15) is 0 Å². The van der Waals surface area contributed by atoms with Crippen LogP contribution in [0.4, 0.5) is 0 Å². The number of aliphatic hydroxyl groups excluding tert-OH is 1. The maximum absolute atomic E-state index is 10.8. The summed E-state index contributed by atoms with van der Waals surface area (Å²) in [7, 11) is -1.70. The van der Waals surface area contributed by atoms with Crippen LogP contribution in [0.15, 0.2) is 12.2 Å². The number of aliphatic hydroxyl groups is 2. The molecule has 0 spiro atoms. The molecule has 27 heavy (non-hydrogen) atoms. The first-order valence-electron chi connectivity index (χ1n) is 11.2. The molecule has 0 aromatic carbocycles. The van der Waals surface area contributed by atoms with E-state index in [0.717, 1.165) is 50.2 Å². The summed E-state index contributed by atoms with van der Waals surface area (Å²) >= 11 is 0. The molecule has 0 bridgehead atoms. The molecule has 1 saturated carbocycles. The zero-order valence-corrected chi connectivity index (χ0v) is 19.1. The number of hydrogen-bond donors (Lipinski definition) is 2. The molecule has 158 valence electrons. The molecule has 2 unspecified atom stereocenters. The largest absolute Gasteiger partial charge is 0.413 e. The van der Waals surface area contributed by atoms with Gasteiger partial charge in [-0.15, -0.1) is 0 Å². The predicted octanol–water partition coefficient (Wildman–Crippen LogP) is 5.01. The molecule has 0 radical (unpaired) electrons. The van der Waals surface area contributed by atoms with Crippen molar-refractivity contribution in [3.8, 4) is 0 Å². The minimum absolute atomic E-state index is 0.0851. The van der Waals surface area contributed by atoms with Crippen molar-refractivity contribution in [3.63, 3.8) is 0 Å². The van der Waals surface area contributed by atoms with E-state index in [4.69, 9.17) is 9.16 Å². The highest BCUT2D eigenvalue weighted by molar-refractivity contribution is 6.73. The van der Waals surface area contributed by atoms with Crippen LogP contribution >= 0.6 is 0 Å². The Hall–Kier alpha value is -0.203. The highest BCUT2D eigenvalue weighted by Crippen LogP contribution is 2.46. The highest BCUT2D eigenvalue weighted by atomic mass is 28.4. The maximum Gasteiger partial charge on any atom is 0.192 e. The smallest absolute Gasteiger partial charge is 0.192 e.